The van der Waals surface area contributed by atoms with Gasteiger partial charge in [-0.25, -0.2) is 4.98 Å². The van der Waals surface area contributed by atoms with E-state index in [1.54, 1.807) is 17.4 Å². The molecule has 0 aliphatic rings. The van der Waals surface area contributed by atoms with Crippen molar-refractivity contribution in [1.82, 2.24) is 10.3 Å². The standard InChI is InChI=1S/C12H10Br2N2OS/c1-7-16-9(6-18-7)5-15-12(17)10-3-2-8(13)4-11(10)14/h2-4,6H,5H2,1H3,(H,15,17). The van der Waals surface area contributed by atoms with Crippen LogP contribution in [0.15, 0.2) is 32.5 Å². The molecule has 3 nitrogen and oxygen atoms in total. The molecule has 6 heteroatoms. The number of carbonyl (C=O) groups is 1. The summed E-state index contributed by atoms with van der Waals surface area (Å²) in [5.74, 6) is -0.111. The Morgan fingerprint density at radius 1 is 1.44 bits per heavy atom. The number of benzene rings is 1. The second kappa shape index (κ2) is 5.95. The molecule has 0 saturated heterocycles. The lowest BCUT2D eigenvalue weighted by Crippen LogP contribution is -2.23. The predicted octanol–water partition coefficient (Wildman–Crippen LogP) is 3.91. The van der Waals surface area contributed by atoms with Crippen LogP contribution in [-0.4, -0.2) is 10.9 Å². The van der Waals surface area contributed by atoms with Crippen molar-refractivity contribution in [3.63, 3.8) is 0 Å². The van der Waals surface area contributed by atoms with Gasteiger partial charge >= 0.3 is 0 Å². The van der Waals surface area contributed by atoms with Gasteiger partial charge in [0.05, 0.1) is 22.8 Å². The number of aromatic nitrogens is 1. The highest BCUT2D eigenvalue weighted by atomic mass is 79.9. The summed E-state index contributed by atoms with van der Waals surface area (Å²) in [5, 5.41) is 5.80. The Labute approximate surface area is 126 Å². The van der Waals surface area contributed by atoms with E-state index in [1.807, 2.05) is 24.4 Å². The van der Waals surface area contributed by atoms with E-state index in [9.17, 15) is 4.79 Å². The SMILES string of the molecule is Cc1nc(CNC(=O)c2ccc(Br)cc2Br)cs1. The summed E-state index contributed by atoms with van der Waals surface area (Å²) >= 11 is 8.31. The van der Waals surface area contributed by atoms with E-state index in [-0.39, 0.29) is 5.91 Å². The number of halogens is 2. The molecule has 0 unspecified atom stereocenters. The van der Waals surface area contributed by atoms with Gasteiger partial charge in [0.25, 0.3) is 5.91 Å². The quantitative estimate of drug-likeness (QED) is 0.864. The Bertz CT molecular complexity index is 583. The summed E-state index contributed by atoms with van der Waals surface area (Å²) in [4.78, 5) is 16.3. The molecule has 2 rings (SSSR count). The maximum Gasteiger partial charge on any atom is 0.252 e. The molecule has 1 aromatic carbocycles. The number of amides is 1. The summed E-state index contributed by atoms with van der Waals surface area (Å²) in [6.07, 6.45) is 0. The molecule has 1 heterocycles. The van der Waals surface area contributed by atoms with Gasteiger partial charge in [0.2, 0.25) is 0 Å². The maximum absolute atomic E-state index is 12.0. The first kappa shape index (κ1) is 13.7. The number of thiazole rings is 1. The van der Waals surface area contributed by atoms with Gasteiger partial charge < -0.3 is 5.32 Å². The van der Waals surface area contributed by atoms with Crippen molar-refractivity contribution in [3.05, 3.63) is 48.8 Å². The second-order valence-electron chi connectivity index (χ2n) is 3.66. The average Bonchev–Trinajstić information content (AvgIpc) is 2.72. The van der Waals surface area contributed by atoms with Crippen molar-refractivity contribution in [3.8, 4) is 0 Å². The van der Waals surface area contributed by atoms with Crippen LogP contribution < -0.4 is 5.32 Å². The third-order valence-electron chi connectivity index (χ3n) is 2.27. The lowest BCUT2D eigenvalue weighted by Gasteiger charge is -2.05. The molecule has 0 saturated carbocycles. The Hall–Kier alpha value is -0.720. The first-order valence-electron chi connectivity index (χ1n) is 5.20. The zero-order valence-electron chi connectivity index (χ0n) is 9.54. The molecular formula is C12H10Br2N2OS. The van der Waals surface area contributed by atoms with Gasteiger partial charge in [-0.15, -0.1) is 11.3 Å². The molecule has 0 aliphatic carbocycles. The third kappa shape index (κ3) is 3.40. The number of carbonyl (C=O) groups excluding carboxylic acids is 1. The van der Waals surface area contributed by atoms with Crippen molar-refractivity contribution in [2.24, 2.45) is 0 Å². The van der Waals surface area contributed by atoms with E-state index in [1.165, 1.54) is 0 Å². The first-order valence-corrected chi connectivity index (χ1v) is 7.67. The smallest absolute Gasteiger partial charge is 0.252 e. The van der Waals surface area contributed by atoms with Gasteiger partial charge in [-0.2, -0.15) is 0 Å². The molecule has 0 fully saturated rings. The van der Waals surface area contributed by atoms with E-state index < -0.39 is 0 Å². The summed E-state index contributed by atoms with van der Waals surface area (Å²) in [5.41, 5.74) is 1.50. The molecule has 0 aliphatic heterocycles. The number of nitrogens with one attached hydrogen (secondary N) is 1. The van der Waals surface area contributed by atoms with Crippen LogP contribution in [0.1, 0.15) is 21.1 Å². The largest absolute Gasteiger partial charge is 0.346 e. The van der Waals surface area contributed by atoms with Gasteiger partial charge in [0, 0.05) is 14.3 Å². The lowest BCUT2D eigenvalue weighted by atomic mass is 10.2. The van der Waals surface area contributed by atoms with E-state index in [0.717, 1.165) is 19.6 Å². The summed E-state index contributed by atoms with van der Waals surface area (Å²) in [7, 11) is 0. The highest BCUT2D eigenvalue weighted by Crippen LogP contribution is 2.21. The molecule has 94 valence electrons. The Morgan fingerprint density at radius 3 is 2.83 bits per heavy atom. The number of nitrogens with zero attached hydrogens (tertiary/aromatic N) is 1. The van der Waals surface area contributed by atoms with E-state index >= 15 is 0 Å². The van der Waals surface area contributed by atoms with E-state index in [2.05, 4.69) is 42.2 Å². The minimum absolute atomic E-state index is 0.111. The minimum atomic E-state index is -0.111. The lowest BCUT2D eigenvalue weighted by molar-refractivity contribution is 0.0949. The number of rotatable bonds is 3. The zero-order chi connectivity index (χ0) is 13.1. The van der Waals surface area contributed by atoms with Gasteiger partial charge in [-0.1, -0.05) is 15.9 Å². The van der Waals surface area contributed by atoms with E-state index in [0.29, 0.717) is 12.1 Å². The van der Waals surface area contributed by atoms with Gasteiger partial charge in [0.15, 0.2) is 0 Å². The van der Waals surface area contributed by atoms with Crippen LogP contribution in [0, 0.1) is 6.92 Å². The zero-order valence-corrected chi connectivity index (χ0v) is 13.5. The van der Waals surface area contributed by atoms with Crippen LogP contribution in [0.5, 0.6) is 0 Å². The van der Waals surface area contributed by atoms with Crippen LogP contribution >= 0.6 is 43.2 Å². The van der Waals surface area contributed by atoms with Crippen molar-refractivity contribution < 1.29 is 4.79 Å². The Morgan fingerprint density at radius 2 is 2.22 bits per heavy atom. The van der Waals surface area contributed by atoms with Crippen LogP contribution in [0.3, 0.4) is 0 Å². The van der Waals surface area contributed by atoms with E-state index in [4.69, 9.17) is 0 Å². The Kier molecular flexibility index (Phi) is 4.53. The highest BCUT2D eigenvalue weighted by Gasteiger charge is 2.10. The molecule has 2 aromatic rings. The molecule has 1 N–H and O–H groups in total. The normalized spacial score (nSPS) is 10.4. The van der Waals surface area contributed by atoms with Crippen molar-refractivity contribution in [1.29, 1.82) is 0 Å². The monoisotopic (exact) mass is 388 g/mol. The molecule has 0 spiro atoms. The molecule has 18 heavy (non-hydrogen) atoms. The minimum Gasteiger partial charge on any atom is -0.346 e. The van der Waals surface area contributed by atoms with Crippen LogP contribution in [0.2, 0.25) is 0 Å². The Balaban J connectivity index is 2.03. The summed E-state index contributed by atoms with van der Waals surface area (Å²) in [6, 6.07) is 5.46. The van der Waals surface area contributed by atoms with Crippen molar-refractivity contribution >= 4 is 49.1 Å². The molecule has 0 atom stereocenters. The van der Waals surface area contributed by atoms with Gasteiger partial charge in [-0.05, 0) is 41.1 Å². The average molecular weight is 390 g/mol. The fourth-order valence-electron chi connectivity index (χ4n) is 1.43. The van der Waals surface area contributed by atoms with Gasteiger partial charge in [-0.3, -0.25) is 4.79 Å². The van der Waals surface area contributed by atoms with Gasteiger partial charge in [0.1, 0.15) is 0 Å². The van der Waals surface area contributed by atoms with Crippen LogP contribution in [-0.2, 0) is 6.54 Å². The summed E-state index contributed by atoms with van der Waals surface area (Å²) < 4.78 is 1.70. The molecular weight excluding hydrogens is 380 g/mol. The predicted molar refractivity (Wildman–Crippen MR) is 79.9 cm³/mol. The fourth-order valence-corrected chi connectivity index (χ4v) is 3.27. The van der Waals surface area contributed by atoms with Crippen molar-refractivity contribution in [2.45, 2.75) is 13.5 Å². The maximum atomic E-state index is 12.0. The molecule has 0 radical (unpaired) electrons. The highest BCUT2D eigenvalue weighted by molar-refractivity contribution is 9.11. The number of hydrogen-bond donors (Lipinski definition) is 1. The topological polar surface area (TPSA) is 42.0 Å². The van der Waals surface area contributed by atoms with Crippen molar-refractivity contribution in [2.75, 3.05) is 0 Å². The molecule has 1 amide bonds. The van der Waals surface area contributed by atoms with Crippen LogP contribution in [0.25, 0.3) is 0 Å². The second-order valence-corrected chi connectivity index (χ2v) is 6.50. The third-order valence-corrected chi connectivity index (χ3v) is 4.24. The summed E-state index contributed by atoms with van der Waals surface area (Å²) in [6.45, 7) is 2.40. The number of aryl methyl sites for hydroxylation is 1. The van der Waals surface area contributed by atoms with Crippen LogP contribution in [0.4, 0.5) is 0 Å². The first-order chi connectivity index (χ1) is 8.56. The fraction of sp³-hybridized carbons (Fsp3) is 0.167. The number of hydrogen-bond acceptors (Lipinski definition) is 3. The molecule has 0 bridgehead atoms. The molecule has 1 aromatic heterocycles.